The lowest BCUT2D eigenvalue weighted by molar-refractivity contribution is -0.141. The molecule has 0 aromatic heterocycles. The SMILES string of the molecule is CN(Cc1ccc(F)cc1)C(=O)C1C(C(=O)O)C1(C)C. The third kappa shape index (κ3) is 2.53. The lowest BCUT2D eigenvalue weighted by atomic mass is 10.1. The van der Waals surface area contributed by atoms with E-state index in [4.69, 9.17) is 5.11 Å². The average molecular weight is 279 g/mol. The summed E-state index contributed by atoms with van der Waals surface area (Å²) in [5.41, 5.74) is 0.313. The van der Waals surface area contributed by atoms with Crippen molar-refractivity contribution in [3.05, 3.63) is 35.6 Å². The van der Waals surface area contributed by atoms with Crippen molar-refractivity contribution in [3.63, 3.8) is 0 Å². The van der Waals surface area contributed by atoms with Crippen LogP contribution in [0.2, 0.25) is 0 Å². The third-order valence-electron chi connectivity index (χ3n) is 4.07. The van der Waals surface area contributed by atoms with E-state index < -0.39 is 23.2 Å². The van der Waals surface area contributed by atoms with Gasteiger partial charge >= 0.3 is 5.97 Å². The first-order valence-electron chi connectivity index (χ1n) is 6.47. The van der Waals surface area contributed by atoms with Crippen LogP contribution in [0, 0.1) is 23.1 Å². The number of nitrogens with zero attached hydrogens (tertiary/aromatic N) is 1. The second-order valence-electron chi connectivity index (χ2n) is 5.94. The minimum absolute atomic E-state index is 0.174. The van der Waals surface area contributed by atoms with Gasteiger partial charge in [0.15, 0.2) is 0 Å². The Morgan fingerprint density at radius 3 is 2.25 bits per heavy atom. The highest BCUT2D eigenvalue weighted by Gasteiger charge is 2.66. The fraction of sp³-hybridized carbons (Fsp3) is 0.467. The van der Waals surface area contributed by atoms with Crippen molar-refractivity contribution in [2.45, 2.75) is 20.4 Å². The number of aliphatic carboxylic acids is 1. The summed E-state index contributed by atoms with van der Waals surface area (Å²) < 4.78 is 12.8. The molecule has 1 N–H and O–H groups in total. The van der Waals surface area contributed by atoms with E-state index in [9.17, 15) is 14.0 Å². The Hall–Kier alpha value is -1.91. The third-order valence-corrected chi connectivity index (χ3v) is 4.07. The number of rotatable bonds is 4. The highest BCUT2D eigenvalue weighted by Crippen LogP contribution is 2.58. The Labute approximate surface area is 117 Å². The number of carbonyl (C=O) groups is 2. The van der Waals surface area contributed by atoms with Gasteiger partial charge < -0.3 is 10.0 Å². The average Bonchev–Trinajstić information content (AvgIpc) is 2.94. The van der Waals surface area contributed by atoms with Crippen LogP contribution in [0.15, 0.2) is 24.3 Å². The minimum atomic E-state index is -0.927. The molecule has 0 spiro atoms. The van der Waals surface area contributed by atoms with Gasteiger partial charge in [-0.15, -0.1) is 0 Å². The number of carboxylic acid groups (broad SMARTS) is 1. The van der Waals surface area contributed by atoms with Crippen LogP contribution in [-0.2, 0) is 16.1 Å². The summed E-state index contributed by atoms with van der Waals surface area (Å²) in [6.45, 7) is 3.93. The van der Waals surface area contributed by atoms with Gasteiger partial charge in [0.1, 0.15) is 5.82 Å². The van der Waals surface area contributed by atoms with Gasteiger partial charge in [-0.1, -0.05) is 26.0 Å². The highest BCUT2D eigenvalue weighted by atomic mass is 19.1. The minimum Gasteiger partial charge on any atom is -0.481 e. The van der Waals surface area contributed by atoms with Crippen LogP contribution < -0.4 is 0 Å². The van der Waals surface area contributed by atoms with Crippen LogP contribution in [0.5, 0.6) is 0 Å². The Kier molecular flexibility index (Phi) is 3.54. The second-order valence-corrected chi connectivity index (χ2v) is 5.94. The lowest BCUT2D eigenvalue weighted by Gasteiger charge is -2.18. The van der Waals surface area contributed by atoms with Crippen molar-refractivity contribution < 1.29 is 19.1 Å². The van der Waals surface area contributed by atoms with Crippen molar-refractivity contribution in [3.8, 4) is 0 Å². The second kappa shape index (κ2) is 4.89. The van der Waals surface area contributed by atoms with Crippen LogP contribution in [0.3, 0.4) is 0 Å². The maximum Gasteiger partial charge on any atom is 0.307 e. The molecule has 1 aromatic carbocycles. The molecule has 108 valence electrons. The molecule has 1 amide bonds. The van der Waals surface area contributed by atoms with Crippen LogP contribution in [0.25, 0.3) is 0 Å². The number of carboxylic acids is 1. The zero-order valence-electron chi connectivity index (χ0n) is 11.8. The van der Waals surface area contributed by atoms with E-state index in [1.165, 1.54) is 17.0 Å². The largest absolute Gasteiger partial charge is 0.481 e. The molecular formula is C15H18FNO3. The molecule has 0 heterocycles. The number of carbonyl (C=O) groups excluding carboxylic acids is 1. The van der Waals surface area contributed by atoms with Crippen LogP contribution in [-0.4, -0.2) is 28.9 Å². The number of amides is 1. The van der Waals surface area contributed by atoms with Crippen molar-refractivity contribution in [2.24, 2.45) is 17.3 Å². The first kappa shape index (κ1) is 14.5. The molecule has 0 radical (unpaired) electrons. The maximum atomic E-state index is 12.8. The van der Waals surface area contributed by atoms with Gasteiger partial charge in [0.05, 0.1) is 11.8 Å². The zero-order valence-corrected chi connectivity index (χ0v) is 11.8. The van der Waals surface area contributed by atoms with Crippen molar-refractivity contribution in [1.82, 2.24) is 4.90 Å². The topological polar surface area (TPSA) is 57.6 Å². The van der Waals surface area contributed by atoms with E-state index in [1.807, 2.05) is 0 Å². The molecule has 2 atom stereocenters. The van der Waals surface area contributed by atoms with Gasteiger partial charge in [-0.2, -0.15) is 0 Å². The summed E-state index contributed by atoms with van der Waals surface area (Å²) in [6.07, 6.45) is 0. The summed E-state index contributed by atoms with van der Waals surface area (Å²) >= 11 is 0. The summed E-state index contributed by atoms with van der Waals surface area (Å²) in [5, 5.41) is 9.10. The van der Waals surface area contributed by atoms with E-state index in [0.29, 0.717) is 6.54 Å². The monoisotopic (exact) mass is 279 g/mol. The van der Waals surface area contributed by atoms with Crippen LogP contribution in [0.4, 0.5) is 4.39 Å². The molecule has 20 heavy (non-hydrogen) atoms. The molecule has 5 heteroatoms. The zero-order chi connectivity index (χ0) is 15.1. The van der Waals surface area contributed by atoms with Gasteiger partial charge in [-0.3, -0.25) is 9.59 Å². The Morgan fingerprint density at radius 2 is 1.80 bits per heavy atom. The molecule has 1 aromatic rings. The summed E-state index contributed by atoms with van der Waals surface area (Å²) in [6, 6.07) is 5.92. The molecule has 1 aliphatic carbocycles. The summed E-state index contributed by atoms with van der Waals surface area (Å²) in [5.74, 6) is -2.52. The van der Waals surface area contributed by atoms with Gasteiger partial charge in [0.25, 0.3) is 0 Å². The van der Waals surface area contributed by atoms with E-state index in [2.05, 4.69) is 0 Å². The predicted octanol–water partition coefficient (Wildman–Crippen LogP) is 2.14. The van der Waals surface area contributed by atoms with Gasteiger partial charge in [0.2, 0.25) is 5.91 Å². The predicted molar refractivity (Wildman–Crippen MR) is 71.3 cm³/mol. The Bertz CT molecular complexity index is 539. The van der Waals surface area contributed by atoms with E-state index >= 15 is 0 Å². The first-order chi connectivity index (χ1) is 9.25. The molecule has 0 aliphatic heterocycles. The van der Waals surface area contributed by atoms with Crippen LogP contribution in [0.1, 0.15) is 19.4 Å². The quantitative estimate of drug-likeness (QED) is 0.918. The molecular weight excluding hydrogens is 261 g/mol. The van der Waals surface area contributed by atoms with Crippen LogP contribution >= 0.6 is 0 Å². The number of halogens is 1. The number of hydrogen-bond acceptors (Lipinski definition) is 2. The van der Waals surface area contributed by atoms with Gasteiger partial charge in [-0.25, -0.2) is 4.39 Å². The molecule has 1 fully saturated rings. The number of benzene rings is 1. The fourth-order valence-electron chi connectivity index (χ4n) is 2.74. The smallest absolute Gasteiger partial charge is 0.307 e. The van der Waals surface area contributed by atoms with E-state index in [0.717, 1.165) is 5.56 Å². The first-order valence-corrected chi connectivity index (χ1v) is 6.47. The Balaban J connectivity index is 2.03. The molecule has 4 nitrogen and oxygen atoms in total. The molecule has 0 bridgehead atoms. The molecule has 0 saturated heterocycles. The lowest BCUT2D eigenvalue weighted by Crippen LogP contribution is -2.29. The Morgan fingerprint density at radius 1 is 1.25 bits per heavy atom. The normalized spacial score (nSPS) is 23.2. The van der Waals surface area contributed by atoms with Crippen molar-refractivity contribution in [1.29, 1.82) is 0 Å². The van der Waals surface area contributed by atoms with Gasteiger partial charge in [-0.05, 0) is 23.1 Å². The van der Waals surface area contributed by atoms with Crippen molar-refractivity contribution >= 4 is 11.9 Å². The van der Waals surface area contributed by atoms with Crippen molar-refractivity contribution in [2.75, 3.05) is 7.05 Å². The summed E-state index contributed by atoms with van der Waals surface area (Å²) in [4.78, 5) is 24.9. The number of hydrogen-bond donors (Lipinski definition) is 1. The summed E-state index contributed by atoms with van der Waals surface area (Å²) in [7, 11) is 1.64. The van der Waals surface area contributed by atoms with Gasteiger partial charge in [0, 0.05) is 13.6 Å². The standard InChI is InChI=1S/C15H18FNO3/c1-15(2)11(12(15)14(19)20)13(18)17(3)8-9-4-6-10(16)7-5-9/h4-7,11-12H,8H2,1-3H3,(H,19,20). The fourth-order valence-corrected chi connectivity index (χ4v) is 2.74. The molecule has 2 unspecified atom stereocenters. The van der Waals surface area contributed by atoms with E-state index in [-0.39, 0.29) is 11.7 Å². The highest BCUT2D eigenvalue weighted by molar-refractivity contribution is 5.91. The van der Waals surface area contributed by atoms with E-state index in [1.54, 1.807) is 33.0 Å². The molecule has 1 saturated carbocycles. The maximum absolute atomic E-state index is 12.8. The molecule has 2 rings (SSSR count). The molecule has 1 aliphatic rings.